The predicted octanol–water partition coefficient (Wildman–Crippen LogP) is 2.32. The van der Waals surface area contributed by atoms with Crippen molar-refractivity contribution in [3.8, 4) is 0 Å². The Morgan fingerprint density at radius 1 is 1.62 bits per heavy atom. The van der Waals surface area contributed by atoms with Crippen LogP contribution in [0.4, 0.5) is 5.69 Å². The molecule has 0 spiro atoms. The van der Waals surface area contributed by atoms with Crippen molar-refractivity contribution < 1.29 is 0 Å². The Kier molecular flexibility index (Phi) is 3.10. The van der Waals surface area contributed by atoms with Crippen LogP contribution in [0.1, 0.15) is 31.9 Å². The summed E-state index contributed by atoms with van der Waals surface area (Å²) in [4.78, 5) is 4.54. The summed E-state index contributed by atoms with van der Waals surface area (Å²) in [5, 5.41) is 3.41. The van der Waals surface area contributed by atoms with Gasteiger partial charge in [-0.25, -0.2) is 0 Å². The quantitative estimate of drug-likeness (QED) is 0.786. The molecule has 86 valence electrons. The number of anilines is 1. The van der Waals surface area contributed by atoms with Crippen LogP contribution in [0.15, 0.2) is 18.3 Å². The second-order valence-corrected chi connectivity index (χ2v) is 5.22. The van der Waals surface area contributed by atoms with Gasteiger partial charge in [-0.3, -0.25) is 4.98 Å². The molecule has 0 unspecified atom stereocenters. The maximum Gasteiger partial charge on any atom is 0.124 e. The molecule has 0 atom stereocenters. The molecule has 1 aliphatic rings. The van der Waals surface area contributed by atoms with E-state index in [0.29, 0.717) is 16.1 Å². The minimum absolute atomic E-state index is 0.349. The Labute approximate surface area is 101 Å². The summed E-state index contributed by atoms with van der Waals surface area (Å²) in [5.74, 6) is 0. The Morgan fingerprint density at radius 3 is 2.94 bits per heavy atom. The van der Waals surface area contributed by atoms with Crippen molar-refractivity contribution in [1.82, 2.24) is 4.98 Å². The first kappa shape index (κ1) is 11.3. The van der Waals surface area contributed by atoms with Crippen LogP contribution in [0.5, 0.6) is 0 Å². The lowest BCUT2D eigenvalue weighted by atomic mass is 9.70. The van der Waals surface area contributed by atoms with Gasteiger partial charge in [0, 0.05) is 12.7 Å². The molecule has 1 aromatic rings. The summed E-state index contributed by atoms with van der Waals surface area (Å²) < 4.78 is 0. The van der Waals surface area contributed by atoms with Crippen LogP contribution in [0.3, 0.4) is 0 Å². The zero-order chi connectivity index (χ0) is 11.6. The number of pyridine rings is 1. The first-order valence-electron chi connectivity index (χ1n) is 5.59. The van der Waals surface area contributed by atoms with E-state index in [0.717, 1.165) is 12.2 Å². The topological polar surface area (TPSA) is 50.9 Å². The third-order valence-corrected chi connectivity index (χ3v) is 3.50. The Balaban J connectivity index is 2.06. The SMILES string of the molecule is CC1(CNc2cccnc2C(N)=S)CCC1. The number of hydrogen-bond donors (Lipinski definition) is 2. The first-order valence-corrected chi connectivity index (χ1v) is 6.00. The van der Waals surface area contributed by atoms with Crippen molar-refractivity contribution in [2.24, 2.45) is 11.1 Å². The third kappa shape index (κ3) is 2.32. The molecule has 2 rings (SSSR count). The highest BCUT2D eigenvalue weighted by Crippen LogP contribution is 2.40. The highest BCUT2D eigenvalue weighted by Gasteiger charge is 2.31. The second kappa shape index (κ2) is 4.37. The molecular weight excluding hydrogens is 218 g/mol. The van der Waals surface area contributed by atoms with Gasteiger partial charge in [-0.05, 0) is 30.4 Å². The van der Waals surface area contributed by atoms with E-state index < -0.39 is 0 Å². The van der Waals surface area contributed by atoms with Crippen molar-refractivity contribution in [3.05, 3.63) is 24.0 Å². The van der Waals surface area contributed by atoms with Crippen LogP contribution >= 0.6 is 12.2 Å². The highest BCUT2D eigenvalue weighted by atomic mass is 32.1. The molecule has 1 heterocycles. The Hall–Kier alpha value is -1.16. The number of nitrogens with two attached hydrogens (primary N) is 1. The van der Waals surface area contributed by atoms with Gasteiger partial charge in [0.25, 0.3) is 0 Å². The number of nitrogens with zero attached hydrogens (tertiary/aromatic N) is 1. The van der Waals surface area contributed by atoms with Crippen LogP contribution < -0.4 is 11.1 Å². The Morgan fingerprint density at radius 2 is 2.38 bits per heavy atom. The van der Waals surface area contributed by atoms with E-state index >= 15 is 0 Å². The van der Waals surface area contributed by atoms with Crippen molar-refractivity contribution in [2.75, 3.05) is 11.9 Å². The van der Waals surface area contributed by atoms with E-state index in [9.17, 15) is 0 Å². The number of aromatic nitrogens is 1. The average molecular weight is 235 g/mol. The van der Waals surface area contributed by atoms with Gasteiger partial charge in [0.15, 0.2) is 0 Å². The van der Waals surface area contributed by atoms with E-state index in [1.807, 2.05) is 12.1 Å². The molecular formula is C12H17N3S. The lowest BCUT2D eigenvalue weighted by Gasteiger charge is -2.38. The number of nitrogens with one attached hydrogen (secondary N) is 1. The van der Waals surface area contributed by atoms with E-state index in [-0.39, 0.29) is 0 Å². The fourth-order valence-electron chi connectivity index (χ4n) is 2.01. The zero-order valence-corrected chi connectivity index (χ0v) is 10.3. The highest BCUT2D eigenvalue weighted by molar-refractivity contribution is 7.80. The molecule has 1 saturated carbocycles. The Bertz CT molecular complexity index is 399. The van der Waals surface area contributed by atoms with Crippen LogP contribution in [-0.2, 0) is 0 Å². The van der Waals surface area contributed by atoms with E-state index in [2.05, 4.69) is 17.2 Å². The lowest BCUT2D eigenvalue weighted by molar-refractivity contribution is 0.180. The molecule has 0 bridgehead atoms. The molecule has 0 amide bonds. The lowest BCUT2D eigenvalue weighted by Crippen LogP contribution is -2.33. The summed E-state index contributed by atoms with van der Waals surface area (Å²) in [5.41, 5.74) is 7.71. The number of thiocarbonyl (C=S) groups is 1. The maximum atomic E-state index is 5.63. The van der Waals surface area contributed by atoms with E-state index in [1.165, 1.54) is 19.3 Å². The van der Waals surface area contributed by atoms with Gasteiger partial charge in [0.05, 0.1) is 5.69 Å². The number of rotatable bonds is 4. The predicted molar refractivity (Wildman–Crippen MR) is 70.6 cm³/mol. The van der Waals surface area contributed by atoms with Gasteiger partial charge in [-0.15, -0.1) is 0 Å². The molecule has 1 fully saturated rings. The zero-order valence-electron chi connectivity index (χ0n) is 9.49. The van der Waals surface area contributed by atoms with Crippen molar-refractivity contribution in [1.29, 1.82) is 0 Å². The number of hydrogen-bond acceptors (Lipinski definition) is 3. The molecule has 16 heavy (non-hydrogen) atoms. The molecule has 0 aliphatic heterocycles. The fourth-order valence-corrected chi connectivity index (χ4v) is 2.17. The van der Waals surface area contributed by atoms with Crippen LogP contribution in [0.25, 0.3) is 0 Å². The van der Waals surface area contributed by atoms with Gasteiger partial charge in [0.1, 0.15) is 10.7 Å². The molecule has 0 aromatic carbocycles. The molecule has 4 heteroatoms. The first-order chi connectivity index (χ1) is 7.61. The van der Waals surface area contributed by atoms with Crippen LogP contribution in [0.2, 0.25) is 0 Å². The molecule has 0 saturated heterocycles. The van der Waals surface area contributed by atoms with Crippen LogP contribution in [0, 0.1) is 5.41 Å². The van der Waals surface area contributed by atoms with Gasteiger partial charge in [0.2, 0.25) is 0 Å². The third-order valence-electron chi connectivity index (χ3n) is 3.31. The fraction of sp³-hybridized carbons (Fsp3) is 0.500. The van der Waals surface area contributed by atoms with Crippen molar-refractivity contribution in [3.63, 3.8) is 0 Å². The smallest absolute Gasteiger partial charge is 0.124 e. The molecule has 1 aromatic heterocycles. The normalized spacial score (nSPS) is 17.6. The van der Waals surface area contributed by atoms with Gasteiger partial charge in [-0.1, -0.05) is 25.6 Å². The minimum Gasteiger partial charge on any atom is -0.388 e. The summed E-state index contributed by atoms with van der Waals surface area (Å²) in [6, 6.07) is 3.87. The molecule has 0 radical (unpaired) electrons. The monoisotopic (exact) mass is 235 g/mol. The molecule has 3 nitrogen and oxygen atoms in total. The van der Waals surface area contributed by atoms with Crippen LogP contribution in [-0.4, -0.2) is 16.5 Å². The van der Waals surface area contributed by atoms with E-state index in [1.54, 1.807) is 6.20 Å². The summed E-state index contributed by atoms with van der Waals surface area (Å²) in [6.45, 7) is 3.27. The summed E-state index contributed by atoms with van der Waals surface area (Å²) >= 11 is 4.97. The van der Waals surface area contributed by atoms with Gasteiger partial charge < -0.3 is 11.1 Å². The maximum absolute atomic E-state index is 5.63. The summed E-state index contributed by atoms with van der Waals surface area (Å²) in [6.07, 6.45) is 5.64. The van der Waals surface area contributed by atoms with E-state index in [4.69, 9.17) is 18.0 Å². The van der Waals surface area contributed by atoms with Crippen molar-refractivity contribution in [2.45, 2.75) is 26.2 Å². The standard InChI is InChI=1S/C12H17N3S/c1-12(5-3-6-12)8-15-9-4-2-7-14-10(9)11(13)16/h2,4,7,15H,3,5-6,8H2,1H3,(H2,13,16). The average Bonchev–Trinajstić information content (AvgIpc) is 2.24. The summed E-state index contributed by atoms with van der Waals surface area (Å²) in [7, 11) is 0. The minimum atomic E-state index is 0.349. The van der Waals surface area contributed by atoms with Gasteiger partial charge in [-0.2, -0.15) is 0 Å². The van der Waals surface area contributed by atoms with Gasteiger partial charge >= 0.3 is 0 Å². The molecule has 3 N–H and O–H groups in total. The van der Waals surface area contributed by atoms with Crippen molar-refractivity contribution >= 4 is 22.9 Å². The molecule has 1 aliphatic carbocycles. The largest absolute Gasteiger partial charge is 0.388 e. The second-order valence-electron chi connectivity index (χ2n) is 4.78.